The molecule has 0 aliphatic heterocycles. The van der Waals surface area contributed by atoms with Crippen LogP contribution in [0.5, 0.6) is 11.6 Å². The number of aromatic nitrogens is 4. The maximum absolute atomic E-state index is 12.3. The van der Waals surface area contributed by atoms with Crippen molar-refractivity contribution >= 4 is 28.6 Å². The van der Waals surface area contributed by atoms with E-state index in [1.165, 1.54) is 6.07 Å². The van der Waals surface area contributed by atoms with Gasteiger partial charge in [0.25, 0.3) is 0 Å². The summed E-state index contributed by atoms with van der Waals surface area (Å²) in [5.74, 6) is -0.227. The molecule has 2 N–H and O–H groups in total. The summed E-state index contributed by atoms with van der Waals surface area (Å²) in [5, 5.41) is 28.4. The number of ether oxygens (including phenoxy) is 1. The van der Waals surface area contributed by atoms with E-state index in [0.29, 0.717) is 25.3 Å². The molecular weight excluding hydrogens is 560 g/mol. The third-order valence-electron chi connectivity index (χ3n) is 7.04. The van der Waals surface area contributed by atoms with Gasteiger partial charge in [-0.1, -0.05) is 51.1 Å². The number of carbonyl (C=O) groups is 1. The number of rotatable bonds is 10. The first-order valence-electron chi connectivity index (χ1n) is 14.1. The molecule has 9 heteroatoms. The van der Waals surface area contributed by atoms with Gasteiger partial charge >= 0.3 is 5.97 Å². The highest BCUT2D eigenvalue weighted by Crippen LogP contribution is 2.44. The van der Waals surface area contributed by atoms with Gasteiger partial charge in [0.1, 0.15) is 12.4 Å². The first-order chi connectivity index (χ1) is 20.4. The minimum atomic E-state index is -0.973. The van der Waals surface area contributed by atoms with E-state index in [1.807, 2.05) is 48.5 Å². The number of aliphatic carboxylic acids is 1. The van der Waals surface area contributed by atoms with E-state index in [9.17, 15) is 15.0 Å². The number of hydrogen-bond acceptors (Lipinski definition) is 7. The number of pyridine rings is 1. The molecule has 0 saturated carbocycles. The molecule has 43 heavy (non-hydrogen) atoms. The van der Waals surface area contributed by atoms with E-state index >= 15 is 0 Å². The molecule has 5 aromatic rings. The van der Waals surface area contributed by atoms with Crippen LogP contribution in [0.3, 0.4) is 0 Å². The van der Waals surface area contributed by atoms with Gasteiger partial charge in [-0.3, -0.25) is 9.78 Å². The van der Waals surface area contributed by atoms with Crippen molar-refractivity contribution in [3.8, 4) is 22.9 Å². The Hall–Kier alpha value is -4.37. The van der Waals surface area contributed by atoms with Gasteiger partial charge in [-0.25, -0.2) is 0 Å². The number of nitrogens with zero attached hydrogens (tertiary/aromatic N) is 4. The van der Waals surface area contributed by atoms with Gasteiger partial charge in [-0.15, -0.1) is 22.0 Å². The predicted octanol–water partition coefficient (Wildman–Crippen LogP) is 7.37. The van der Waals surface area contributed by atoms with Crippen molar-refractivity contribution in [1.82, 2.24) is 19.7 Å². The number of carboxylic acids is 1. The van der Waals surface area contributed by atoms with Gasteiger partial charge in [0, 0.05) is 57.0 Å². The van der Waals surface area contributed by atoms with Crippen molar-refractivity contribution in [3.63, 3.8) is 0 Å². The van der Waals surface area contributed by atoms with Gasteiger partial charge in [-0.2, -0.15) is 0 Å². The Morgan fingerprint density at radius 2 is 1.72 bits per heavy atom. The normalized spacial score (nSPS) is 12.0. The Morgan fingerprint density at radius 1 is 0.953 bits per heavy atom. The third-order valence-corrected chi connectivity index (χ3v) is 8.31. The van der Waals surface area contributed by atoms with Crippen LogP contribution in [0.15, 0.2) is 83.9 Å². The second-order valence-corrected chi connectivity index (χ2v) is 14.0. The predicted molar refractivity (Wildman–Crippen MR) is 169 cm³/mol. The SMILES string of the molecule is CC(C)(C)Sc1c(CC(C)(C)C(=O)O)n(Cc2ccc(-c3ccc(O)nn3)cc2)c2ccc(OCc3ccccn3)cc12. The zero-order chi connectivity index (χ0) is 30.8. The molecule has 0 saturated heterocycles. The van der Waals surface area contributed by atoms with Crippen LogP contribution in [0, 0.1) is 5.41 Å². The second kappa shape index (κ2) is 12.1. The van der Waals surface area contributed by atoms with E-state index < -0.39 is 11.4 Å². The summed E-state index contributed by atoms with van der Waals surface area (Å²) < 4.78 is 8.28. The van der Waals surface area contributed by atoms with Crippen molar-refractivity contribution in [2.75, 3.05) is 0 Å². The van der Waals surface area contributed by atoms with E-state index in [-0.39, 0.29) is 10.6 Å². The number of thioether (sulfide) groups is 1. The summed E-state index contributed by atoms with van der Waals surface area (Å²) in [6.07, 6.45) is 2.11. The molecule has 0 atom stereocenters. The summed E-state index contributed by atoms with van der Waals surface area (Å²) in [5.41, 5.74) is 4.49. The summed E-state index contributed by atoms with van der Waals surface area (Å²) >= 11 is 1.75. The van der Waals surface area contributed by atoms with Crippen molar-refractivity contribution in [2.45, 2.75) is 63.8 Å². The van der Waals surface area contributed by atoms with Crippen LogP contribution in [0.4, 0.5) is 0 Å². The Morgan fingerprint density at radius 3 is 2.35 bits per heavy atom. The van der Waals surface area contributed by atoms with Crippen molar-refractivity contribution in [3.05, 3.63) is 95.9 Å². The summed E-state index contributed by atoms with van der Waals surface area (Å²) in [6.45, 7) is 11.0. The lowest BCUT2D eigenvalue weighted by molar-refractivity contribution is -0.146. The van der Waals surface area contributed by atoms with Gasteiger partial charge in [0.15, 0.2) is 0 Å². The fraction of sp³-hybridized carbons (Fsp3) is 0.294. The van der Waals surface area contributed by atoms with Crippen LogP contribution >= 0.6 is 11.8 Å². The molecule has 0 fully saturated rings. The highest BCUT2D eigenvalue weighted by Gasteiger charge is 2.33. The lowest BCUT2D eigenvalue weighted by atomic mass is 9.88. The molecule has 0 bridgehead atoms. The highest BCUT2D eigenvalue weighted by atomic mass is 32.2. The molecule has 222 valence electrons. The minimum Gasteiger partial charge on any atom is -0.492 e. The topological polar surface area (TPSA) is 110 Å². The Labute approximate surface area is 255 Å². The van der Waals surface area contributed by atoms with Gasteiger partial charge in [0.2, 0.25) is 5.88 Å². The number of carboxylic acid groups (broad SMARTS) is 1. The van der Waals surface area contributed by atoms with E-state index in [2.05, 4.69) is 52.7 Å². The monoisotopic (exact) mass is 596 g/mol. The van der Waals surface area contributed by atoms with Crippen LogP contribution in [0.25, 0.3) is 22.2 Å². The summed E-state index contributed by atoms with van der Waals surface area (Å²) in [7, 11) is 0. The molecule has 0 aliphatic carbocycles. The first-order valence-corrected chi connectivity index (χ1v) is 14.9. The zero-order valence-electron chi connectivity index (χ0n) is 25.0. The van der Waals surface area contributed by atoms with Crippen LogP contribution in [0.2, 0.25) is 0 Å². The number of benzene rings is 2. The Bertz CT molecular complexity index is 1730. The lowest BCUT2D eigenvalue weighted by Crippen LogP contribution is -2.28. The molecule has 3 aromatic heterocycles. The third kappa shape index (κ3) is 7.17. The zero-order valence-corrected chi connectivity index (χ0v) is 25.9. The molecule has 0 amide bonds. The number of hydrogen-bond donors (Lipinski definition) is 2. The second-order valence-electron chi connectivity index (χ2n) is 12.2. The lowest BCUT2D eigenvalue weighted by Gasteiger charge is -2.24. The van der Waals surface area contributed by atoms with Crippen molar-refractivity contribution < 1.29 is 19.7 Å². The van der Waals surface area contributed by atoms with Crippen molar-refractivity contribution in [2.24, 2.45) is 5.41 Å². The molecule has 0 spiro atoms. The molecule has 5 rings (SSSR count). The smallest absolute Gasteiger partial charge is 0.309 e. The largest absolute Gasteiger partial charge is 0.492 e. The van der Waals surface area contributed by atoms with Crippen molar-refractivity contribution in [1.29, 1.82) is 0 Å². The number of fused-ring (bicyclic) bond motifs is 1. The molecule has 8 nitrogen and oxygen atoms in total. The first kappa shape index (κ1) is 30.1. The van der Waals surface area contributed by atoms with Crippen LogP contribution in [-0.2, 0) is 24.4 Å². The van der Waals surface area contributed by atoms with E-state index in [0.717, 1.165) is 44.1 Å². The standard InChI is InChI=1S/C34H36N4O4S/c1-33(2,3)43-31-26-18-25(42-21-24-8-6-7-17-35-24)13-15-28(26)38(29(31)19-34(4,5)32(40)41)20-22-9-11-23(12-10-22)27-14-16-30(39)37-36-27/h6-18H,19-21H2,1-5H3,(H,37,39)(H,40,41). The Balaban J connectivity index is 1.58. The molecule has 0 radical (unpaired) electrons. The van der Waals surface area contributed by atoms with Crippen LogP contribution in [-0.4, -0.2) is 40.7 Å². The fourth-order valence-corrected chi connectivity index (χ4v) is 5.99. The average molecular weight is 597 g/mol. The molecule has 0 aliphatic rings. The van der Waals surface area contributed by atoms with E-state index in [4.69, 9.17) is 4.74 Å². The quantitative estimate of drug-likeness (QED) is 0.161. The molecule has 0 unspecified atom stereocenters. The van der Waals surface area contributed by atoms with Crippen LogP contribution in [0.1, 0.15) is 51.6 Å². The minimum absolute atomic E-state index is 0.112. The Kier molecular flexibility index (Phi) is 8.46. The van der Waals surface area contributed by atoms with Gasteiger partial charge < -0.3 is 19.5 Å². The fourth-order valence-electron chi connectivity index (χ4n) is 4.80. The highest BCUT2D eigenvalue weighted by molar-refractivity contribution is 8.00. The summed E-state index contributed by atoms with van der Waals surface area (Å²) in [4.78, 5) is 17.7. The van der Waals surface area contributed by atoms with E-state index in [1.54, 1.807) is 37.9 Å². The summed E-state index contributed by atoms with van der Waals surface area (Å²) in [6, 6.07) is 23.1. The number of aromatic hydroxyl groups is 1. The van der Waals surface area contributed by atoms with Gasteiger partial charge in [0.05, 0.1) is 16.8 Å². The maximum Gasteiger partial charge on any atom is 0.309 e. The molecule has 3 heterocycles. The molecule has 2 aromatic carbocycles. The average Bonchev–Trinajstić information content (AvgIpc) is 3.22. The molecular formula is C34H36N4O4S. The van der Waals surface area contributed by atoms with Gasteiger partial charge in [-0.05, 0) is 55.8 Å². The maximum atomic E-state index is 12.3. The van der Waals surface area contributed by atoms with Crippen LogP contribution < -0.4 is 4.74 Å².